The Balaban J connectivity index is 2.12. The van der Waals surface area contributed by atoms with E-state index in [9.17, 15) is 0 Å². The molecule has 0 aliphatic heterocycles. The van der Waals surface area contributed by atoms with Crippen LogP contribution in [0.25, 0.3) is 0 Å². The van der Waals surface area contributed by atoms with Crippen LogP contribution in [0, 0.1) is 0 Å². The van der Waals surface area contributed by atoms with Crippen molar-refractivity contribution >= 4 is 0 Å². The van der Waals surface area contributed by atoms with E-state index in [-0.39, 0.29) is 6.10 Å². The minimum Gasteiger partial charge on any atom is -0.497 e. The summed E-state index contributed by atoms with van der Waals surface area (Å²) in [6.45, 7) is 2.67. The van der Waals surface area contributed by atoms with Gasteiger partial charge in [0.2, 0.25) is 0 Å². The second-order valence-electron chi connectivity index (χ2n) is 4.68. The van der Waals surface area contributed by atoms with Crippen LogP contribution in [0.3, 0.4) is 0 Å². The molecule has 0 amide bonds. The van der Waals surface area contributed by atoms with E-state index in [0.29, 0.717) is 6.54 Å². The van der Waals surface area contributed by atoms with E-state index in [4.69, 9.17) is 15.2 Å². The van der Waals surface area contributed by atoms with Gasteiger partial charge < -0.3 is 15.2 Å². The summed E-state index contributed by atoms with van der Waals surface area (Å²) in [5, 5.41) is 0. The average molecular weight is 271 g/mol. The SMILES string of the molecule is COc1ccc(C(C)Oc2ccccc2CCN)cc1. The maximum absolute atomic E-state index is 6.06. The zero-order valence-electron chi connectivity index (χ0n) is 12.0. The van der Waals surface area contributed by atoms with Gasteiger partial charge in [0.1, 0.15) is 17.6 Å². The Morgan fingerprint density at radius 3 is 2.40 bits per heavy atom. The van der Waals surface area contributed by atoms with Crippen molar-refractivity contribution in [3.63, 3.8) is 0 Å². The van der Waals surface area contributed by atoms with E-state index in [1.165, 1.54) is 0 Å². The Morgan fingerprint density at radius 1 is 1.05 bits per heavy atom. The molecule has 1 unspecified atom stereocenters. The molecule has 0 saturated carbocycles. The average Bonchev–Trinajstić information content (AvgIpc) is 2.49. The van der Waals surface area contributed by atoms with Gasteiger partial charge in [0, 0.05) is 0 Å². The zero-order chi connectivity index (χ0) is 14.4. The van der Waals surface area contributed by atoms with Crippen LogP contribution in [-0.2, 0) is 6.42 Å². The van der Waals surface area contributed by atoms with Crippen LogP contribution in [0.4, 0.5) is 0 Å². The molecule has 1 atom stereocenters. The fraction of sp³-hybridized carbons (Fsp3) is 0.294. The fourth-order valence-corrected chi connectivity index (χ4v) is 2.11. The molecular weight excluding hydrogens is 250 g/mol. The molecule has 3 nitrogen and oxygen atoms in total. The predicted octanol–water partition coefficient (Wildman–Crippen LogP) is 3.34. The van der Waals surface area contributed by atoms with E-state index < -0.39 is 0 Å². The lowest BCUT2D eigenvalue weighted by atomic mass is 10.1. The summed E-state index contributed by atoms with van der Waals surface area (Å²) >= 11 is 0. The van der Waals surface area contributed by atoms with E-state index >= 15 is 0 Å². The maximum Gasteiger partial charge on any atom is 0.123 e. The lowest BCUT2D eigenvalue weighted by molar-refractivity contribution is 0.224. The number of para-hydroxylation sites is 1. The van der Waals surface area contributed by atoms with E-state index in [1.807, 2.05) is 49.4 Å². The molecule has 0 radical (unpaired) electrons. The first kappa shape index (κ1) is 14.4. The summed E-state index contributed by atoms with van der Waals surface area (Å²) in [6.07, 6.45) is 0.811. The molecule has 0 fully saturated rings. The molecule has 0 spiro atoms. The van der Waals surface area contributed by atoms with Crippen molar-refractivity contribution < 1.29 is 9.47 Å². The number of methoxy groups -OCH3 is 1. The highest BCUT2D eigenvalue weighted by atomic mass is 16.5. The summed E-state index contributed by atoms with van der Waals surface area (Å²) < 4.78 is 11.2. The maximum atomic E-state index is 6.06. The summed E-state index contributed by atoms with van der Waals surface area (Å²) in [5.74, 6) is 1.76. The van der Waals surface area contributed by atoms with Gasteiger partial charge in [-0.25, -0.2) is 0 Å². The van der Waals surface area contributed by atoms with Crippen LogP contribution < -0.4 is 15.2 Å². The number of ether oxygens (including phenoxy) is 2. The second-order valence-corrected chi connectivity index (χ2v) is 4.68. The Morgan fingerprint density at radius 2 is 1.75 bits per heavy atom. The topological polar surface area (TPSA) is 44.5 Å². The number of nitrogens with two attached hydrogens (primary N) is 1. The molecule has 0 aromatic heterocycles. The van der Waals surface area contributed by atoms with Gasteiger partial charge in [0.05, 0.1) is 7.11 Å². The number of hydrogen-bond acceptors (Lipinski definition) is 3. The van der Waals surface area contributed by atoms with Gasteiger partial charge in [-0.1, -0.05) is 30.3 Å². The third kappa shape index (κ3) is 3.52. The Kier molecular flexibility index (Phi) is 5.02. The van der Waals surface area contributed by atoms with Gasteiger partial charge in [-0.15, -0.1) is 0 Å². The van der Waals surface area contributed by atoms with Gasteiger partial charge in [-0.3, -0.25) is 0 Å². The number of benzene rings is 2. The Labute approximate surface area is 120 Å². The summed E-state index contributed by atoms with van der Waals surface area (Å²) in [4.78, 5) is 0. The first-order valence-corrected chi connectivity index (χ1v) is 6.83. The second kappa shape index (κ2) is 6.96. The highest BCUT2D eigenvalue weighted by Crippen LogP contribution is 2.26. The minimum atomic E-state index is -0.0140. The molecule has 106 valence electrons. The van der Waals surface area contributed by atoms with Gasteiger partial charge in [-0.05, 0) is 49.2 Å². The fourth-order valence-electron chi connectivity index (χ4n) is 2.11. The van der Waals surface area contributed by atoms with Crippen molar-refractivity contribution in [1.29, 1.82) is 0 Å². The monoisotopic (exact) mass is 271 g/mol. The van der Waals surface area contributed by atoms with Gasteiger partial charge in [-0.2, -0.15) is 0 Å². The molecule has 3 heteroatoms. The van der Waals surface area contributed by atoms with Crippen molar-refractivity contribution in [2.24, 2.45) is 5.73 Å². The molecule has 2 aromatic rings. The molecule has 2 N–H and O–H groups in total. The van der Waals surface area contributed by atoms with Gasteiger partial charge in [0.25, 0.3) is 0 Å². The quantitative estimate of drug-likeness (QED) is 0.876. The first-order chi connectivity index (χ1) is 9.74. The molecule has 0 saturated heterocycles. The number of rotatable bonds is 6. The Hall–Kier alpha value is -2.00. The van der Waals surface area contributed by atoms with Crippen LogP contribution in [0.15, 0.2) is 48.5 Å². The highest BCUT2D eigenvalue weighted by Gasteiger charge is 2.10. The van der Waals surface area contributed by atoms with Crippen molar-refractivity contribution in [3.05, 3.63) is 59.7 Å². The zero-order valence-corrected chi connectivity index (χ0v) is 12.0. The molecule has 2 aromatic carbocycles. The smallest absolute Gasteiger partial charge is 0.123 e. The largest absolute Gasteiger partial charge is 0.497 e. The van der Waals surface area contributed by atoms with Gasteiger partial charge >= 0.3 is 0 Å². The van der Waals surface area contributed by atoms with Crippen LogP contribution in [0.5, 0.6) is 11.5 Å². The Bertz CT molecular complexity index is 537. The molecule has 0 aliphatic carbocycles. The predicted molar refractivity (Wildman–Crippen MR) is 81.2 cm³/mol. The molecular formula is C17H21NO2. The van der Waals surface area contributed by atoms with Crippen molar-refractivity contribution in [1.82, 2.24) is 0 Å². The van der Waals surface area contributed by atoms with Crippen LogP contribution in [-0.4, -0.2) is 13.7 Å². The summed E-state index contributed by atoms with van der Waals surface area (Å²) in [6, 6.07) is 16.0. The van der Waals surface area contributed by atoms with E-state index in [1.54, 1.807) is 7.11 Å². The van der Waals surface area contributed by atoms with Crippen molar-refractivity contribution in [2.75, 3.05) is 13.7 Å². The molecule has 0 bridgehead atoms. The third-order valence-electron chi connectivity index (χ3n) is 3.28. The van der Waals surface area contributed by atoms with Crippen molar-refractivity contribution in [3.8, 4) is 11.5 Å². The molecule has 0 aliphatic rings. The minimum absolute atomic E-state index is 0.0140. The van der Waals surface area contributed by atoms with Crippen molar-refractivity contribution in [2.45, 2.75) is 19.4 Å². The summed E-state index contributed by atoms with van der Waals surface area (Å²) in [5.41, 5.74) is 7.90. The standard InChI is InChI=1S/C17H21NO2/c1-13(14-7-9-16(19-2)10-8-14)20-17-6-4-3-5-15(17)11-12-18/h3-10,13H,11-12,18H2,1-2H3. The van der Waals surface area contributed by atoms with Gasteiger partial charge in [0.15, 0.2) is 0 Å². The normalized spacial score (nSPS) is 11.9. The number of hydrogen-bond donors (Lipinski definition) is 1. The molecule has 0 heterocycles. The first-order valence-electron chi connectivity index (χ1n) is 6.83. The van der Waals surface area contributed by atoms with Crippen LogP contribution >= 0.6 is 0 Å². The molecule has 2 rings (SSSR count). The lowest BCUT2D eigenvalue weighted by Gasteiger charge is -2.18. The highest BCUT2D eigenvalue weighted by molar-refractivity contribution is 5.35. The van der Waals surface area contributed by atoms with Crippen LogP contribution in [0.2, 0.25) is 0 Å². The summed E-state index contributed by atoms with van der Waals surface area (Å²) in [7, 11) is 1.66. The lowest BCUT2D eigenvalue weighted by Crippen LogP contribution is -2.08. The van der Waals surface area contributed by atoms with E-state index in [0.717, 1.165) is 29.0 Å². The molecule has 20 heavy (non-hydrogen) atoms. The third-order valence-corrected chi connectivity index (χ3v) is 3.28. The van der Waals surface area contributed by atoms with Crippen LogP contribution in [0.1, 0.15) is 24.2 Å². The van der Waals surface area contributed by atoms with E-state index in [2.05, 4.69) is 6.07 Å².